The predicted molar refractivity (Wildman–Crippen MR) is 72.1 cm³/mol. The molecule has 0 aliphatic rings. The highest BCUT2D eigenvalue weighted by Crippen LogP contribution is 2.25. The fourth-order valence-corrected chi connectivity index (χ4v) is 3.16. The molecule has 1 rings (SSSR count). The standard InChI is InChI=1S/C11H16ClFN2O3S/c1-7(3-4-18-2)15-19(16,17)10-6-8(14)5-9(12)11(10)13/h5-7,15H,3-4,14H2,1-2H3. The first kappa shape index (κ1) is 16.2. The maximum absolute atomic E-state index is 13.7. The summed E-state index contributed by atoms with van der Waals surface area (Å²) in [5.74, 6) is -1.01. The van der Waals surface area contributed by atoms with Gasteiger partial charge in [0.1, 0.15) is 4.90 Å². The summed E-state index contributed by atoms with van der Waals surface area (Å²) in [7, 11) is -2.50. The fraction of sp³-hybridized carbons (Fsp3) is 0.455. The van der Waals surface area contributed by atoms with Gasteiger partial charge in [-0.05, 0) is 25.5 Å². The Morgan fingerprint density at radius 1 is 1.53 bits per heavy atom. The Hall–Kier alpha value is -0.890. The van der Waals surface area contributed by atoms with E-state index in [1.54, 1.807) is 6.92 Å². The molecule has 0 aliphatic heterocycles. The Morgan fingerprint density at radius 3 is 2.74 bits per heavy atom. The molecular weight excluding hydrogens is 295 g/mol. The Kier molecular flexibility index (Phi) is 5.54. The van der Waals surface area contributed by atoms with Crippen LogP contribution in [0.3, 0.4) is 0 Å². The van der Waals surface area contributed by atoms with E-state index in [1.807, 2.05) is 0 Å². The van der Waals surface area contributed by atoms with Crippen LogP contribution < -0.4 is 10.5 Å². The van der Waals surface area contributed by atoms with E-state index in [-0.39, 0.29) is 10.7 Å². The Balaban J connectivity index is 3.01. The number of benzene rings is 1. The van der Waals surface area contributed by atoms with E-state index in [1.165, 1.54) is 7.11 Å². The molecule has 108 valence electrons. The third kappa shape index (κ3) is 4.31. The summed E-state index contributed by atoms with van der Waals surface area (Å²) < 4.78 is 45.0. The second kappa shape index (κ2) is 6.51. The molecule has 1 unspecified atom stereocenters. The van der Waals surface area contributed by atoms with Gasteiger partial charge in [0.15, 0.2) is 5.82 Å². The van der Waals surface area contributed by atoms with Crippen molar-refractivity contribution in [3.05, 3.63) is 23.0 Å². The first-order valence-electron chi connectivity index (χ1n) is 5.53. The fourth-order valence-electron chi connectivity index (χ4n) is 1.46. The van der Waals surface area contributed by atoms with E-state index < -0.39 is 26.8 Å². The molecule has 1 aromatic carbocycles. The molecule has 0 aromatic heterocycles. The van der Waals surface area contributed by atoms with Gasteiger partial charge < -0.3 is 10.5 Å². The first-order chi connectivity index (χ1) is 8.77. The number of anilines is 1. The second-order valence-electron chi connectivity index (χ2n) is 4.12. The summed E-state index contributed by atoms with van der Waals surface area (Å²) in [6.45, 7) is 2.05. The Bertz CT molecular complexity index is 551. The Morgan fingerprint density at radius 2 is 2.16 bits per heavy atom. The van der Waals surface area contributed by atoms with Crippen molar-refractivity contribution in [3.8, 4) is 0 Å². The zero-order valence-corrected chi connectivity index (χ0v) is 12.2. The molecule has 0 saturated heterocycles. The van der Waals surface area contributed by atoms with Crippen LogP contribution in [0.25, 0.3) is 0 Å². The van der Waals surface area contributed by atoms with Crippen LogP contribution in [0, 0.1) is 5.82 Å². The summed E-state index contributed by atoms with van der Waals surface area (Å²) >= 11 is 5.58. The number of ether oxygens (including phenoxy) is 1. The minimum Gasteiger partial charge on any atom is -0.399 e. The SMILES string of the molecule is COCCC(C)NS(=O)(=O)c1cc(N)cc(Cl)c1F. The van der Waals surface area contributed by atoms with Crippen molar-refractivity contribution in [1.29, 1.82) is 0 Å². The molecule has 1 aromatic rings. The molecule has 8 heteroatoms. The number of methoxy groups -OCH3 is 1. The van der Waals surface area contributed by atoms with Gasteiger partial charge in [0.05, 0.1) is 5.02 Å². The average molecular weight is 311 g/mol. The zero-order chi connectivity index (χ0) is 14.6. The van der Waals surface area contributed by atoms with Gasteiger partial charge in [-0.1, -0.05) is 11.6 Å². The average Bonchev–Trinajstić information content (AvgIpc) is 2.30. The van der Waals surface area contributed by atoms with Crippen LogP contribution in [0.4, 0.5) is 10.1 Å². The summed E-state index contributed by atoms with van der Waals surface area (Å²) in [6, 6.07) is 1.79. The van der Waals surface area contributed by atoms with Crippen LogP contribution in [-0.2, 0) is 14.8 Å². The van der Waals surface area contributed by atoms with Gasteiger partial charge in [-0.3, -0.25) is 0 Å². The minimum atomic E-state index is -4.01. The van der Waals surface area contributed by atoms with E-state index in [2.05, 4.69) is 4.72 Å². The normalized spacial score (nSPS) is 13.5. The second-order valence-corrected chi connectivity index (χ2v) is 6.21. The molecule has 0 fully saturated rings. The van der Waals surface area contributed by atoms with Crippen molar-refractivity contribution < 1.29 is 17.5 Å². The zero-order valence-electron chi connectivity index (χ0n) is 10.6. The number of nitrogen functional groups attached to an aromatic ring is 1. The largest absolute Gasteiger partial charge is 0.399 e. The number of nitrogens with one attached hydrogen (secondary N) is 1. The molecule has 0 spiro atoms. The van der Waals surface area contributed by atoms with E-state index in [9.17, 15) is 12.8 Å². The van der Waals surface area contributed by atoms with Crippen LogP contribution in [0.2, 0.25) is 5.02 Å². The number of halogens is 2. The van der Waals surface area contributed by atoms with Gasteiger partial charge in [0.2, 0.25) is 10.0 Å². The van der Waals surface area contributed by atoms with Crippen LogP contribution in [0.1, 0.15) is 13.3 Å². The lowest BCUT2D eigenvalue weighted by molar-refractivity contribution is 0.188. The monoisotopic (exact) mass is 310 g/mol. The van der Waals surface area contributed by atoms with Crippen LogP contribution in [0.5, 0.6) is 0 Å². The molecule has 0 aliphatic carbocycles. The van der Waals surface area contributed by atoms with Crippen molar-refractivity contribution in [2.45, 2.75) is 24.3 Å². The third-order valence-electron chi connectivity index (χ3n) is 2.42. The molecule has 5 nitrogen and oxygen atoms in total. The lowest BCUT2D eigenvalue weighted by Crippen LogP contribution is -2.34. The van der Waals surface area contributed by atoms with Crippen LogP contribution in [0.15, 0.2) is 17.0 Å². The van der Waals surface area contributed by atoms with Crippen LogP contribution in [-0.4, -0.2) is 28.2 Å². The van der Waals surface area contributed by atoms with Gasteiger partial charge in [-0.25, -0.2) is 17.5 Å². The molecule has 19 heavy (non-hydrogen) atoms. The number of rotatable bonds is 6. The van der Waals surface area contributed by atoms with Crippen molar-refractivity contribution in [2.24, 2.45) is 0 Å². The summed E-state index contributed by atoms with van der Waals surface area (Å²) in [6.07, 6.45) is 0.466. The summed E-state index contributed by atoms with van der Waals surface area (Å²) in [4.78, 5) is -0.554. The maximum Gasteiger partial charge on any atom is 0.243 e. The summed E-state index contributed by atoms with van der Waals surface area (Å²) in [5, 5.41) is -0.329. The van der Waals surface area contributed by atoms with Crippen molar-refractivity contribution in [1.82, 2.24) is 4.72 Å². The minimum absolute atomic E-state index is 0.0799. The smallest absolute Gasteiger partial charge is 0.243 e. The molecule has 0 radical (unpaired) electrons. The van der Waals surface area contributed by atoms with Crippen LogP contribution >= 0.6 is 11.6 Å². The van der Waals surface area contributed by atoms with Gasteiger partial charge in [-0.2, -0.15) is 0 Å². The number of hydrogen-bond donors (Lipinski definition) is 2. The lowest BCUT2D eigenvalue weighted by Gasteiger charge is -2.14. The topological polar surface area (TPSA) is 81.4 Å². The third-order valence-corrected chi connectivity index (χ3v) is 4.28. The molecule has 1 atom stereocenters. The number of sulfonamides is 1. The Labute approximate surface area is 116 Å². The highest BCUT2D eigenvalue weighted by atomic mass is 35.5. The van der Waals surface area contributed by atoms with Crippen molar-refractivity contribution in [2.75, 3.05) is 19.5 Å². The van der Waals surface area contributed by atoms with Gasteiger partial charge in [0, 0.05) is 25.4 Å². The summed E-state index contributed by atoms with van der Waals surface area (Å²) in [5.41, 5.74) is 5.55. The van der Waals surface area contributed by atoms with Gasteiger partial charge >= 0.3 is 0 Å². The van der Waals surface area contributed by atoms with Crippen molar-refractivity contribution in [3.63, 3.8) is 0 Å². The van der Waals surface area contributed by atoms with Crippen molar-refractivity contribution >= 4 is 27.3 Å². The van der Waals surface area contributed by atoms with Gasteiger partial charge in [-0.15, -0.1) is 0 Å². The predicted octanol–water partition coefficient (Wildman–Crippen LogP) is 1.76. The van der Waals surface area contributed by atoms with E-state index in [0.717, 1.165) is 12.1 Å². The molecule has 0 saturated carbocycles. The lowest BCUT2D eigenvalue weighted by atomic mass is 10.3. The van der Waals surface area contributed by atoms with E-state index in [0.29, 0.717) is 13.0 Å². The highest BCUT2D eigenvalue weighted by Gasteiger charge is 2.23. The molecule has 0 heterocycles. The van der Waals surface area contributed by atoms with E-state index >= 15 is 0 Å². The van der Waals surface area contributed by atoms with Gasteiger partial charge in [0.25, 0.3) is 0 Å². The first-order valence-corrected chi connectivity index (χ1v) is 7.40. The quantitative estimate of drug-likeness (QED) is 0.785. The highest BCUT2D eigenvalue weighted by molar-refractivity contribution is 7.89. The van der Waals surface area contributed by atoms with E-state index in [4.69, 9.17) is 22.1 Å². The molecule has 0 amide bonds. The molecule has 3 N–H and O–H groups in total. The number of nitrogens with two attached hydrogens (primary N) is 1. The molecule has 0 bridgehead atoms. The number of hydrogen-bond acceptors (Lipinski definition) is 4. The molecular formula is C11H16ClFN2O3S. The maximum atomic E-state index is 13.7.